The fourth-order valence-electron chi connectivity index (χ4n) is 3.74. The van der Waals surface area contributed by atoms with E-state index in [9.17, 15) is 9.59 Å². The van der Waals surface area contributed by atoms with Crippen molar-refractivity contribution in [2.75, 3.05) is 19.6 Å². The highest BCUT2D eigenvalue weighted by Gasteiger charge is 2.19. The lowest BCUT2D eigenvalue weighted by Crippen LogP contribution is -2.39. The highest BCUT2D eigenvalue weighted by atomic mass is 16.2. The summed E-state index contributed by atoms with van der Waals surface area (Å²) in [5.41, 5.74) is 1.96. The third-order valence-corrected chi connectivity index (χ3v) is 5.00. The predicted molar refractivity (Wildman–Crippen MR) is 122 cm³/mol. The van der Waals surface area contributed by atoms with Gasteiger partial charge in [-0.15, -0.1) is 0 Å². The maximum Gasteiger partial charge on any atom is 0.242 e. The van der Waals surface area contributed by atoms with Crippen LogP contribution in [0.2, 0.25) is 0 Å². The van der Waals surface area contributed by atoms with E-state index in [4.69, 9.17) is 4.98 Å². The van der Waals surface area contributed by atoms with Gasteiger partial charge in [0.05, 0.1) is 11.0 Å². The lowest BCUT2D eigenvalue weighted by molar-refractivity contribution is -0.132. The van der Waals surface area contributed by atoms with E-state index in [1.165, 1.54) is 0 Å². The van der Waals surface area contributed by atoms with E-state index in [2.05, 4.69) is 37.6 Å². The molecule has 0 fully saturated rings. The van der Waals surface area contributed by atoms with Gasteiger partial charge in [-0.05, 0) is 36.8 Å². The first-order chi connectivity index (χ1) is 14.3. The van der Waals surface area contributed by atoms with Crippen LogP contribution in [-0.4, -0.2) is 45.9 Å². The van der Waals surface area contributed by atoms with Gasteiger partial charge in [0.2, 0.25) is 11.8 Å². The first-order valence-electron chi connectivity index (χ1n) is 11.2. The first-order valence-corrected chi connectivity index (χ1v) is 11.2. The smallest absolute Gasteiger partial charge is 0.242 e. The molecule has 0 aliphatic carbocycles. The summed E-state index contributed by atoms with van der Waals surface area (Å²) in [5, 5.41) is 2.84. The van der Waals surface area contributed by atoms with Crippen LogP contribution in [0.1, 0.15) is 59.7 Å². The number of hydrogen-bond donors (Lipinski definition) is 1. The summed E-state index contributed by atoms with van der Waals surface area (Å²) in [6.45, 7) is 12.8. The summed E-state index contributed by atoms with van der Waals surface area (Å²) in [4.78, 5) is 31.0. The molecule has 2 amide bonds. The molecule has 166 valence electrons. The van der Waals surface area contributed by atoms with Gasteiger partial charge >= 0.3 is 0 Å². The fraction of sp³-hybridized carbons (Fsp3) is 0.625. The Kier molecular flexibility index (Phi) is 9.34. The number of para-hydroxylation sites is 2. The van der Waals surface area contributed by atoms with Gasteiger partial charge in [0, 0.05) is 33.0 Å². The van der Waals surface area contributed by atoms with Gasteiger partial charge in [0.25, 0.3) is 0 Å². The Morgan fingerprint density at radius 1 is 1.03 bits per heavy atom. The fourth-order valence-corrected chi connectivity index (χ4v) is 3.74. The first kappa shape index (κ1) is 23.9. The van der Waals surface area contributed by atoms with Crippen LogP contribution in [0.5, 0.6) is 0 Å². The molecule has 0 saturated carbocycles. The number of benzene rings is 1. The third kappa shape index (κ3) is 7.47. The van der Waals surface area contributed by atoms with Crippen molar-refractivity contribution in [1.29, 1.82) is 0 Å². The summed E-state index contributed by atoms with van der Waals surface area (Å²) in [6, 6.07) is 8.05. The lowest BCUT2D eigenvalue weighted by Gasteiger charge is -2.27. The molecule has 1 aromatic heterocycles. The zero-order valence-corrected chi connectivity index (χ0v) is 19.3. The van der Waals surface area contributed by atoms with Crippen LogP contribution in [0.15, 0.2) is 24.3 Å². The van der Waals surface area contributed by atoms with Crippen LogP contribution in [0.25, 0.3) is 11.0 Å². The number of fused-ring (bicyclic) bond motifs is 1. The Bertz CT molecular complexity index is 816. The Hall–Kier alpha value is -2.37. The molecule has 0 aliphatic rings. The zero-order valence-electron chi connectivity index (χ0n) is 19.3. The van der Waals surface area contributed by atoms with Crippen LogP contribution in [0.4, 0.5) is 0 Å². The minimum atomic E-state index is 0.0163. The molecule has 1 aromatic carbocycles. The minimum absolute atomic E-state index is 0.0163. The largest absolute Gasteiger partial charge is 0.356 e. The standard InChI is InChI=1S/C24H38N4O2/c1-18(2)15-27(16-19(3)4)24(30)17-28-22-12-9-8-11-21(22)26-23(28)13-7-6-10-14-25-20(5)29/h8-9,11-12,18-19H,6-7,10,13-17H2,1-5H3,(H,25,29). The van der Waals surface area contributed by atoms with Gasteiger partial charge in [-0.2, -0.15) is 0 Å². The number of amides is 2. The van der Waals surface area contributed by atoms with E-state index in [0.29, 0.717) is 24.9 Å². The molecule has 0 bridgehead atoms. The van der Waals surface area contributed by atoms with E-state index in [1.54, 1.807) is 6.92 Å². The number of hydrogen-bond acceptors (Lipinski definition) is 3. The Labute approximate surface area is 181 Å². The van der Waals surface area contributed by atoms with Crippen molar-refractivity contribution in [3.05, 3.63) is 30.1 Å². The monoisotopic (exact) mass is 414 g/mol. The highest BCUT2D eigenvalue weighted by Crippen LogP contribution is 2.19. The molecular weight excluding hydrogens is 376 g/mol. The second-order valence-corrected chi connectivity index (χ2v) is 8.98. The van der Waals surface area contributed by atoms with Crippen LogP contribution >= 0.6 is 0 Å². The highest BCUT2D eigenvalue weighted by molar-refractivity contribution is 5.81. The number of aromatic nitrogens is 2. The number of rotatable bonds is 12. The topological polar surface area (TPSA) is 67.2 Å². The number of nitrogens with zero attached hydrogens (tertiary/aromatic N) is 3. The van der Waals surface area contributed by atoms with Crippen molar-refractivity contribution in [3.63, 3.8) is 0 Å². The Morgan fingerprint density at radius 3 is 2.33 bits per heavy atom. The normalized spacial score (nSPS) is 11.4. The number of unbranched alkanes of at least 4 members (excludes halogenated alkanes) is 2. The van der Waals surface area contributed by atoms with Crippen LogP contribution in [-0.2, 0) is 22.6 Å². The Morgan fingerprint density at radius 2 is 1.70 bits per heavy atom. The van der Waals surface area contributed by atoms with Crippen LogP contribution in [0.3, 0.4) is 0 Å². The summed E-state index contributed by atoms with van der Waals surface area (Å²) in [6.07, 6.45) is 3.79. The van der Waals surface area contributed by atoms with Gasteiger partial charge in [-0.1, -0.05) is 46.2 Å². The van der Waals surface area contributed by atoms with Crippen molar-refractivity contribution in [3.8, 4) is 0 Å². The molecule has 1 heterocycles. The number of carbonyl (C=O) groups is 2. The number of nitrogens with one attached hydrogen (secondary N) is 1. The molecule has 0 unspecified atom stereocenters. The van der Waals surface area contributed by atoms with Crippen LogP contribution < -0.4 is 5.32 Å². The molecule has 0 atom stereocenters. The molecule has 0 aliphatic heterocycles. The second-order valence-electron chi connectivity index (χ2n) is 8.98. The van der Waals surface area contributed by atoms with E-state index >= 15 is 0 Å². The molecule has 6 heteroatoms. The summed E-state index contributed by atoms with van der Waals surface area (Å²) in [5.74, 6) is 2.03. The van der Waals surface area contributed by atoms with E-state index in [-0.39, 0.29) is 11.8 Å². The molecule has 0 saturated heterocycles. The van der Waals surface area contributed by atoms with Crippen LogP contribution in [0, 0.1) is 11.8 Å². The molecular formula is C24H38N4O2. The van der Waals surface area contributed by atoms with Gasteiger partial charge < -0.3 is 14.8 Å². The molecule has 1 N–H and O–H groups in total. The molecule has 2 rings (SSSR count). The lowest BCUT2D eigenvalue weighted by atomic mass is 10.1. The molecule has 6 nitrogen and oxygen atoms in total. The van der Waals surface area contributed by atoms with E-state index in [1.807, 2.05) is 29.2 Å². The quantitative estimate of drug-likeness (QED) is 0.533. The van der Waals surface area contributed by atoms with Gasteiger partial charge in [0.15, 0.2) is 0 Å². The zero-order chi connectivity index (χ0) is 22.1. The van der Waals surface area contributed by atoms with E-state index < -0.39 is 0 Å². The maximum atomic E-state index is 13.2. The number of aryl methyl sites for hydroxylation is 1. The Balaban J connectivity index is 2.11. The number of carbonyl (C=O) groups excluding carboxylic acids is 2. The minimum Gasteiger partial charge on any atom is -0.356 e. The maximum absolute atomic E-state index is 13.2. The number of imidazole rings is 1. The van der Waals surface area contributed by atoms with Gasteiger partial charge in [0.1, 0.15) is 12.4 Å². The summed E-state index contributed by atoms with van der Waals surface area (Å²) >= 11 is 0. The van der Waals surface area contributed by atoms with Gasteiger partial charge in [-0.25, -0.2) is 4.98 Å². The van der Waals surface area contributed by atoms with Crippen molar-refractivity contribution < 1.29 is 9.59 Å². The second kappa shape index (κ2) is 11.7. The molecule has 0 radical (unpaired) electrons. The third-order valence-electron chi connectivity index (χ3n) is 5.00. The summed E-state index contributed by atoms with van der Waals surface area (Å²) in [7, 11) is 0. The van der Waals surface area contributed by atoms with E-state index in [0.717, 1.165) is 55.6 Å². The SMILES string of the molecule is CC(=O)NCCCCCc1nc2ccccc2n1CC(=O)N(CC(C)C)CC(C)C. The van der Waals surface area contributed by atoms with Crippen molar-refractivity contribution in [2.45, 2.75) is 66.8 Å². The average molecular weight is 415 g/mol. The predicted octanol–water partition coefficient (Wildman–Crippen LogP) is 4.03. The van der Waals surface area contributed by atoms with Gasteiger partial charge in [-0.3, -0.25) is 9.59 Å². The molecule has 2 aromatic rings. The molecule has 30 heavy (non-hydrogen) atoms. The van der Waals surface area contributed by atoms with Crippen molar-refractivity contribution >= 4 is 22.8 Å². The van der Waals surface area contributed by atoms with Crippen molar-refractivity contribution in [2.24, 2.45) is 11.8 Å². The molecule has 0 spiro atoms. The average Bonchev–Trinajstić information content (AvgIpc) is 3.00. The summed E-state index contributed by atoms with van der Waals surface area (Å²) < 4.78 is 2.10. The van der Waals surface area contributed by atoms with Crippen molar-refractivity contribution in [1.82, 2.24) is 19.8 Å².